The van der Waals surface area contributed by atoms with Crippen LogP contribution in [0.15, 0.2) is 18.3 Å². The van der Waals surface area contributed by atoms with Gasteiger partial charge in [0.2, 0.25) is 0 Å². The first-order valence-corrected chi connectivity index (χ1v) is 5.00. The Morgan fingerprint density at radius 1 is 1.64 bits per heavy atom. The largest absolute Gasteiger partial charge is 0.380 e. The van der Waals surface area contributed by atoms with Gasteiger partial charge in [-0.15, -0.1) is 0 Å². The summed E-state index contributed by atoms with van der Waals surface area (Å²) >= 11 is 0. The molecule has 0 bridgehead atoms. The Bertz CT molecular complexity index is 276. The van der Waals surface area contributed by atoms with Crippen molar-refractivity contribution in [3.8, 4) is 0 Å². The van der Waals surface area contributed by atoms with Crippen LogP contribution < -0.4 is 4.90 Å². The van der Waals surface area contributed by atoms with Crippen LogP contribution in [0.25, 0.3) is 0 Å². The van der Waals surface area contributed by atoms with Crippen LogP contribution in [0, 0.1) is 6.07 Å². The minimum absolute atomic E-state index is 0.353. The Labute approximate surface area is 84.7 Å². The lowest BCUT2D eigenvalue weighted by molar-refractivity contribution is 0.0891. The van der Waals surface area contributed by atoms with Gasteiger partial charge in [0.25, 0.3) is 0 Å². The molecule has 0 N–H and O–H groups in total. The molecule has 0 amide bonds. The third-order valence-electron chi connectivity index (χ3n) is 2.63. The highest BCUT2D eigenvalue weighted by atomic mass is 16.5. The van der Waals surface area contributed by atoms with Crippen molar-refractivity contribution < 1.29 is 4.74 Å². The van der Waals surface area contributed by atoms with E-state index in [4.69, 9.17) is 4.74 Å². The zero-order chi connectivity index (χ0) is 9.80. The number of pyridine rings is 1. The maximum Gasteiger partial charge on any atom is 0.129 e. The summed E-state index contributed by atoms with van der Waals surface area (Å²) in [6, 6.07) is 6.80. The highest BCUT2D eigenvalue weighted by Crippen LogP contribution is 2.18. The van der Waals surface area contributed by atoms with Gasteiger partial charge in [0.1, 0.15) is 5.82 Å². The molecule has 1 aromatic rings. The molecular formula is C11H15N2O. The number of hydrogen-bond donors (Lipinski definition) is 0. The molecule has 1 saturated heterocycles. The molecule has 0 saturated carbocycles. The summed E-state index contributed by atoms with van der Waals surface area (Å²) < 4.78 is 5.36. The van der Waals surface area contributed by atoms with E-state index in [2.05, 4.69) is 16.0 Å². The van der Waals surface area contributed by atoms with Gasteiger partial charge in [-0.05, 0) is 31.0 Å². The predicted molar refractivity (Wildman–Crippen MR) is 55.3 cm³/mol. The van der Waals surface area contributed by atoms with Crippen molar-refractivity contribution in [1.82, 2.24) is 4.98 Å². The van der Waals surface area contributed by atoms with Crippen LogP contribution in [0.5, 0.6) is 0 Å². The summed E-state index contributed by atoms with van der Waals surface area (Å²) in [5.74, 6) is 1.01. The number of hydrogen-bond acceptors (Lipinski definition) is 3. The molecule has 3 nitrogen and oxygen atoms in total. The number of anilines is 1. The maximum absolute atomic E-state index is 5.36. The average Bonchev–Trinajstić information content (AvgIpc) is 2.30. The van der Waals surface area contributed by atoms with Crippen molar-refractivity contribution >= 4 is 5.82 Å². The molecule has 0 aliphatic carbocycles. The van der Waals surface area contributed by atoms with E-state index in [9.17, 15) is 0 Å². The van der Waals surface area contributed by atoms with Gasteiger partial charge in [-0.1, -0.05) is 0 Å². The lowest BCUT2D eigenvalue weighted by atomic mass is 10.1. The van der Waals surface area contributed by atoms with Gasteiger partial charge in [0, 0.05) is 26.4 Å². The van der Waals surface area contributed by atoms with Crippen LogP contribution in [0.3, 0.4) is 0 Å². The molecule has 1 fully saturated rings. The van der Waals surface area contributed by atoms with Gasteiger partial charge in [0.05, 0.1) is 6.10 Å². The van der Waals surface area contributed by atoms with Gasteiger partial charge >= 0.3 is 0 Å². The Balaban J connectivity index is 2.04. The minimum atomic E-state index is 0.353. The number of nitrogens with zero attached hydrogens (tertiary/aromatic N) is 2. The van der Waals surface area contributed by atoms with E-state index < -0.39 is 0 Å². The second-order valence-corrected chi connectivity index (χ2v) is 3.56. The smallest absolute Gasteiger partial charge is 0.129 e. The van der Waals surface area contributed by atoms with Crippen molar-refractivity contribution in [2.45, 2.75) is 18.9 Å². The fraction of sp³-hybridized carbons (Fsp3) is 0.545. The van der Waals surface area contributed by atoms with Gasteiger partial charge < -0.3 is 9.64 Å². The minimum Gasteiger partial charge on any atom is -0.380 e. The normalized spacial score (nSPS) is 22.4. The molecule has 1 atom stereocenters. The van der Waals surface area contributed by atoms with Crippen molar-refractivity contribution in [3.05, 3.63) is 24.4 Å². The van der Waals surface area contributed by atoms with E-state index in [1.165, 1.54) is 6.42 Å². The fourth-order valence-corrected chi connectivity index (χ4v) is 1.83. The van der Waals surface area contributed by atoms with E-state index in [0.29, 0.717) is 6.10 Å². The van der Waals surface area contributed by atoms with Crippen molar-refractivity contribution in [3.63, 3.8) is 0 Å². The molecular weight excluding hydrogens is 176 g/mol. The van der Waals surface area contributed by atoms with Crippen LogP contribution in [0.1, 0.15) is 12.8 Å². The Morgan fingerprint density at radius 3 is 3.29 bits per heavy atom. The molecule has 1 unspecified atom stereocenters. The van der Waals surface area contributed by atoms with Crippen molar-refractivity contribution in [1.29, 1.82) is 0 Å². The third-order valence-corrected chi connectivity index (χ3v) is 2.63. The van der Waals surface area contributed by atoms with Crippen molar-refractivity contribution in [2.24, 2.45) is 0 Å². The summed E-state index contributed by atoms with van der Waals surface area (Å²) in [6.45, 7) is 2.02. The van der Waals surface area contributed by atoms with Crippen LogP contribution >= 0.6 is 0 Å². The maximum atomic E-state index is 5.36. The van der Waals surface area contributed by atoms with E-state index in [-0.39, 0.29) is 0 Å². The van der Waals surface area contributed by atoms with Crippen molar-refractivity contribution in [2.75, 3.05) is 25.1 Å². The Hall–Kier alpha value is -1.09. The number of rotatable bonds is 2. The molecule has 75 valence electrons. The number of piperidine rings is 1. The van der Waals surface area contributed by atoms with Crippen LogP contribution in [0.4, 0.5) is 5.82 Å². The second-order valence-electron chi connectivity index (χ2n) is 3.56. The molecule has 1 aliphatic rings. The zero-order valence-corrected chi connectivity index (χ0v) is 8.44. The second kappa shape index (κ2) is 4.42. The summed E-state index contributed by atoms with van der Waals surface area (Å²) in [7, 11) is 1.78. The molecule has 14 heavy (non-hydrogen) atoms. The SMILES string of the molecule is COC1CCCN(c2c[c]ccn2)C1. The number of ether oxygens (including phenoxy) is 1. The standard InChI is InChI=1S/C11H15N2O/c1-14-10-5-4-8-13(9-10)11-6-2-3-7-12-11/h3,6-7,10H,4-5,8-9H2,1H3. The number of aromatic nitrogens is 1. The Morgan fingerprint density at radius 2 is 2.57 bits per heavy atom. The third kappa shape index (κ3) is 2.04. The fourth-order valence-electron chi connectivity index (χ4n) is 1.83. The van der Waals surface area contributed by atoms with Gasteiger partial charge in [-0.3, -0.25) is 0 Å². The summed E-state index contributed by atoms with van der Waals surface area (Å²) in [4.78, 5) is 6.57. The van der Waals surface area contributed by atoms with E-state index >= 15 is 0 Å². The molecule has 1 aromatic heterocycles. The molecule has 1 aliphatic heterocycles. The van der Waals surface area contributed by atoms with Gasteiger partial charge in [0.15, 0.2) is 0 Å². The quantitative estimate of drug-likeness (QED) is 0.708. The lowest BCUT2D eigenvalue weighted by Crippen LogP contribution is -2.39. The number of methoxy groups -OCH3 is 1. The summed E-state index contributed by atoms with van der Waals surface area (Å²) in [5, 5.41) is 0. The highest BCUT2D eigenvalue weighted by Gasteiger charge is 2.19. The van der Waals surface area contributed by atoms with Gasteiger partial charge in [-0.25, -0.2) is 4.98 Å². The predicted octanol–water partition coefficient (Wildman–Crippen LogP) is 1.50. The summed E-state index contributed by atoms with van der Waals surface area (Å²) in [5.41, 5.74) is 0. The van der Waals surface area contributed by atoms with Gasteiger partial charge in [-0.2, -0.15) is 0 Å². The zero-order valence-electron chi connectivity index (χ0n) is 8.44. The topological polar surface area (TPSA) is 25.4 Å². The summed E-state index contributed by atoms with van der Waals surface area (Å²) in [6.07, 6.45) is 4.47. The van der Waals surface area contributed by atoms with E-state index in [1.807, 2.05) is 12.1 Å². The first-order chi connectivity index (χ1) is 6.90. The average molecular weight is 191 g/mol. The van der Waals surface area contributed by atoms with Crippen LogP contribution in [-0.2, 0) is 4.74 Å². The molecule has 0 spiro atoms. The van der Waals surface area contributed by atoms with Crippen LogP contribution in [-0.4, -0.2) is 31.3 Å². The molecule has 2 heterocycles. The highest BCUT2D eigenvalue weighted by molar-refractivity contribution is 5.37. The Kier molecular flexibility index (Phi) is 2.99. The molecule has 1 radical (unpaired) electrons. The van der Waals surface area contributed by atoms with E-state index in [0.717, 1.165) is 25.3 Å². The molecule has 2 rings (SSSR count). The monoisotopic (exact) mass is 191 g/mol. The lowest BCUT2D eigenvalue weighted by Gasteiger charge is -2.32. The first kappa shape index (κ1) is 9.46. The van der Waals surface area contributed by atoms with E-state index in [1.54, 1.807) is 13.3 Å². The first-order valence-electron chi connectivity index (χ1n) is 5.00. The van der Waals surface area contributed by atoms with Crippen LogP contribution in [0.2, 0.25) is 0 Å². The molecule has 3 heteroatoms. The molecule has 0 aromatic carbocycles.